The third kappa shape index (κ3) is 3.26. The number of carbonyl (C=O) groups is 2. The Labute approximate surface area is 128 Å². The molecule has 0 aliphatic heterocycles. The molecule has 0 aliphatic carbocycles. The van der Waals surface area contributed by atoms with E-state index in [0.29, 0.717) is 10.7 Å². The van der Waals surface area contributed by atoms with Crippen LogP contribution in [0, 0.1) is 0 Å². The van der Waals surface area contributed by atoms with Gasteiger partial charge < -0.3 is 10.6 Å². The smallest absolute Gasteiger partial charge is 0.252 e. The molecule has 21 heavy (non-hydrogen) atoms. The zero-order chi connectivity index (χ0) is 14.7. The molecule has 5 nitrogen and oxygen atoms in total. The lowest BCUT2D eigenvalue weighted by atomic mass is 10.3. The van der Waals surface area contributed by atoms with Crippen molar-refractivity contribution in [1.29, 1.82) is 0 Å². The first-order valence-corrected chi connectivity index (χ1v) is 7.94. The van der Waals surface area contributed by atoms with Crippen LogP contribution in [0.3, 0.4) is 0 Å². The summed E-state index contributed by atoms with van der Waals surface area (Å²) >= 11 is 2.84. The van der Waals surface area contributed by atoms with Gasteiger partial charge in [0.1, 0.15) is 0 Å². The number of fused-ring (bicyclic) bond motifs is 1. The zero-order valence-electron chi connectivity index (χ0n) is 10.8. The molecule has 0 bridgehead atoms. The lowest BCUT2D eigenvalue weighted by Gasteiger charge is -2.03. The van der Waals surface area contributed by atoms with Crippen LogP contribution in [0.25, 0.3) is 10.2 Å². The van der Waals surface area contributed by atoms with E-state index < -0.39 is 0 Å². The molecule has 0 aliphatic rings. The van der Waals surface area contributed by atoms with Gasteiger partial charge in [-0.15, -0.1) is 0 Å². The van der Waals surface area contributed by atoms with Crippen molar-refractivity contribution < 1.29 is 9.59 Å². The highest BCUT2D eigenvalue weighted by molar-refractivity contribution is 7.22. The Balaban J connectivity index is 1.57. The van der Waals surface area contributed by atoms with Gasteiger partial charge in [-0.1, -0.05) is 23.5 Å². The second-order valence-corrected chi connectivity index (χ2v) is 6.04. The van der Waals surface area contributed by atoms with Crippen LogP contribution in [0.15, 0.2) is 41.1 Å². The van der Waals surface area contributed by atoms with E-state index >= 15 is 0 Å². The molecule has 2 aromatic heterocycles. The maximum atomic E-state index is 11.8. The van der Waals surface area contributed by atoms with E-state index in [0.717, 1.165) is 10.2 Å². The average molecular weight is 317 g/mol. The fourth-order valence-electron chi connectivity index (χ4n) is 1.75. The van der Waals surface area contributed by atoms with Crippen molar-refractivity contribution in [3.63, 3.8) is 0 Å². The topological polar surface area (TPSA) is 71.1 Å². The molecule has 2 amide bonds. The fraction of sp³-hybridized carbons (Fsp3) is 0.0714. The maximum absolute atomic E-state index is 11.8. The second-order valence-electron chi connectivity index (χ2n) is 4.23. The van der Waals surface area contributed by atoms with Crippen molar-refractivity contribution in [3.8, 4) is 0 Å². The van der Waals surface area contributed by atoms with Crippen molar-refractivity contribution >= 4 is 49.8 Å². The van der Waals surface area contributed by atoms with Gasteiger partial charge >= 0.3 is 0 Å². The number of carbonyl (C=O) groups excluding carboxylic acids is 2. The molecule has 3 aromatic rings. The quantitative estimate of drug-likeness (QED) is 0.777. The minimum Gasteiger partial charge on any atom is -0.343 e. The van der Waals surface area contributed by atoms with Crippen LogP contribution in [0.4, 0.5) is 5.13 Å². The van der Waals surface area contributed by atoms with Gasteiger partial charge in [-0.05, 0) is 23.6 Å². The highest BCUT2D eigenvalue weighted by Crippen LogP contribution is 2.25. The Bertz CT molecular complexity index is 747. The first-order chi connectivity index (χ1) is 10.2. The number of aromatic nitrogens is 1. The lowest BCUT2D eigenvalue weighted by molar-refractivity contribution is -0.115. The minimum atomic E-state index is -0.294. The molecule has 0 unspecified atom stereocenters. The van der Waals surface area contributed by atoms with Gasteiger partial charge in [-0.3, -0.25) is 9.59 Å². The summed E-state index contributed by atoms with van der Waals surface area (Å²) in [5.41, 5.74) is 1.41. The van der Waals surface area contributed by atoms with Gasteiger partial charge in [-0.25, -0.2) is 4.98 Å². The summed E-state index contributed by atoms with van der Waals surface area (Å²) in [6.45, 7) is -0.0788. The number of thiophene rings is 1. The number of hydrogen-bond acceptors (Lipinski definition) is 5. The van der Waals surface area contributed by atoms with E-state index in [1.807, 2.05) is 29.6 Å². The second kappa shape index (κ2) is 6.02. The summed E-state index contributed by atoms with van der Waals surface area (Å²) < 4.78 is 1.01. The van der Waals surface area contributed by atoms with Gasteiger partial charge in [0.2, 0.25) is 5.91 Å². The first-order valence-electron chi connectivity index (χ1n) is 6.18. The molecule has 106 valence electrons. The Morgan fingerprint density at radius 2 is 2.05 bits per heavy atom. The van der Waals surface area contributed by atoms with Gasteiger partial charge in [0.15, 0.2) is 5.13 Å². The predicted molar refractivity (Wildman–Crippen MR) is 84.9 cm³/mol. The molecular formula is C14H11N3O2S2. The predicted octanol–water partition coefficient (Wildman–Crippen LogP) is 2.73. The van der Waals surface area contributed by atoms with Crippen LogP contribution < -0.4 is 10.6 Å². The molecule has 2 heterocycles. The standard InChI is InChI=1S/C14H11N3O2S2/c18-12(7-15-13(19)9-5-6-20-8-9)17-14-16-10-3-1-2-4-11(10)21-14/h1-6,8H,7H2,(H,15,19)(H,16,17,18). The van der Waals surface area contributed by atoms with Crippen LogP contribution in [-0.2, 0) is 4.79 Å². The summed E-state index contributed by atoms with van der Waals surface area (Å²) in [6.07, 6.45) is 0. The molecular weight excluding hydrogens is 306 g/mol. The van der Waals surface area contributed by atoms with Crippen molar-refractivity contribution in [2.45, 2.75) is 0 Å². The van der Waals surface area contributed by atoms with E-state index in [4.69, 9.17) is 0 Å². The molecule has 3 rings (SSSR count). The van der Waals surface area contributed by atoms with Crippen LogP contribution in [0.1, 0.15) is 10.4 Å². The highest BCUT2D eigenvalue weighted by Gasteiger charge is 2.10. The maximum Gasteiger partial charge on any atom is 0.252 e. The molecule has 0 radical (unpaired) electrons. The number of amides is 2. The largest absolute Gasteiger partial charge is 0.343 e. The third-order valence-electron chi connectivity index (χ3n) is 2.73. The van der Waals surface area contributed by atoms with Crippen molar-refractivity contribution in [3.05, 3.63) is 46.7 Å². The van der Waals surface area contributed by atoms with Crippen LogP contribution in [-0.4, -0.2) is 23.3 Å². The number of nitrogens with one attached hydrogen (secondary N) is 2. The van der Waals surface area contributed by atoms with Gasteiger partial charge in [0.05, 0.1) is 16.8 Å². The number of benzene rings is 1. The Morgan fingerprint density at radius 1 is 1.19 bits per heavy atom. The summed E-state index contributed by atoms with van der Waals surface area (Å²) in [5, 5.41) is 9.35. The minimum absolute atomic E-state index is 0.0788. The molecule has 7 heteroatoms. The highest BCUT2D eigenvalue weighted by atomic mass is 32.1. The SMILES string of the molecule is O=C(CNC(=O)c1ccsc1)Nc1nc2ccccc2s1. The van der Waals surface area contributed by atoms with Gasteiger partial charge in [-0.2, -0.15) is 11.3 Å². The normalized spacial score (nSPS) is 10.5. The Hall–Kier alpha value is -2.25. The van der Waals surface area contributed by atoms with Gasteiger partial charge in [0.25, 0.3) is 5.91 Å². The van der Waals surface area contributed by atoms with E-state index in [2.05, 4.69) is 15.6 Å². The molecule has 1 aromatic carbocycles. The zero-order valence-corrected chi connectivity index (χ0v) is 12.5. The van der Waals surface area contributed by atoms with Crippen molar-refractivity contribution in [2.24, 2.45) is 0 Å². The molecule has 0 atom stereocenters. The molecule has 0 saturated heterocycles. The summed E-state index contributed by atoms with van der Waals surface area (Å²) in [5.74, 6) is -0.548. The van der Waals surface area contributed by atoms with Crippen LogP contribution in [0.2, 0.25) is 0 Å². The monoisotopic (exact) mass is 317 g/mol. The van der Waals surface area contributed by atoms with E-state index in [1.54, 1.807) is 11.4 Å². The first kappa shape index (κ1) is 13.7. The van der Waals surface area contributed by atoms with Gasteiger partial charge in [0, 0.05) is 10.9 Å². The number of rotatable bonds is 4. The number of hydrogen-bond donors (Lipinski definition) is 2. The van der Waals surface area contributed by atoms with Crippen molar-refractivity contribution in [1.82, 2.24) is 10.3 Å². The number of nitrogens with zero attached hydrogens (tertiary/aromatic N) is 1. The van der Waals surface area contributed by atoms with Crippen LogP contribution in [0.5, 0.6) is 0 Å². The van der Waals surface area contributed by atoms with Crippen molar-refractivity contribution in [2.75, 3.05) is 11.9 Å². The lowest BCUT2D eigenvalue weighted by Crippen LogP contribution is -2.32. The summed E-state index contributed by atoms with van der Waals surface area (Å²) in [6, 6.07) is 9.37. The summed E-state index contributed by atoms with van der Waals surface area (Å²) in [7, 11) is 0. The molecule has 0 spiro atoms. The molecule has 0 fully saturated rings. The molecule has 0 saturated carbocycles. The summed E-state index contributed by atoms with van der Waals surface area (Å²) in [4.78, 5) is 27.8. The number of anilines is 1. The molecule has 2 N–H and O–H groups in total. The Morgan fingerprint density at radius 3 is 2.81 bits per heavy atom. The van der Waals surface area contributed by atoms with E-state index in [9.17, 15) is 9.59 Å². The van der Waals surface area contributed by atoms with E-state index in [-0.39, 0.29) is 18.4 Å². The third-order valence-corrected chi connectivity index (χ3v) is 4.37. The van der Waals surface area contributed by atoms with E-state index in [1.165, 1.54) is 22.7 Å². The number of para-hydroxylation sites is 1. The Kier molecular flexibility index (Phi) is 3.94. The fourth-order valence-corrected chi connectivity index (χ4v) is 3.26. The van der Waals surface area contributed by atoms with Crippen LogP contribution >= 0.6 is 22.7 Å². The number of thiazole rings is 1. The average Bonchev–Trinajstić information content (AvgIpc) is 3.13.